The van der Waals surface area contributed by atoms with Crippen molar-refractivity contribution in [1.29, 1.82) is 0 Å². The van der Waals surface area contributed by atoms with Gasteiger partial charge in [-0.05, 0) is 19.8 Å². The Kier molecular flexibility index (Phi) is 3.26. The highest BCUT2D eigenvalue weighted by Crippen LogP contribution is 2.33. The van der Waals surface area contributed by atoms with E-state index < -0.39 is 5.91 Å². The average molecular weight is 291 g/mol. The van der Waals surface area contributed by atoms with Crippen LogP contribution in [0, 0.1) is 6.92 Å². The van der Waals surface area contributed by atoms with Gasteiger partial charge in [0.05, 0.1) is 23.7 Å². The molecule has 1 amide bonds. The van der Waals surface area contributed by atoms with Crippen molar-refractivity contribution >= 4 is 22.8 Å². The Bertz CT molecular complexity index is 711. The molecular formula is C13H17N5O3. The number of nitrogens with zero attached hydrogens (tertiary/aromatic N) is 3. The molecule has 0 aliphatic carbocycles. The molecule has 3 heterocycles. The number of carbonyl (C=O) groups is 1. The third kappa shape index (κ3) is 2.22. The molecule has 2 aromatic heterocycles. The standard InChI is InChI=1S/C13H17N5O3/c1-6-16-11(14)10-8(12(15)20)4-18(13(10)17-6)9-3-2-7(5-19)21-9/h4,7,9,19H,2-3,5H2,1H3,(H2,15,20)(H2,14,16,17). The van der Waals surface area contributed by atoms with Crippen LogP contribution in [-0.2, 0) is 4.74 Å². The van der Waals surface area contributed by atoms with Gasteiger partial charge in [-0.3, -0.25) is 4.79 Å². The summed E-state index contributed by atoms with van der Waals surface area (Å²) in [6.45, 7) is 1.69. The van der Waals surface area contributed by atoms with Crippen molar-refractivity contribution in [3.05, 3.63) is 17.6 Å². The summed E-state index contributed by atoms with van der Waals surface area (Å²) < 4.78 is 7.48. The fourth-order valence-electron chi connectivity index (χ4n) is 2.72. The minimum absolute atomic E-state index is 0.0332. The van der Waals surface area contributed by atoms with E-state index in [4.69, 9.17) is 16.2 Å². The minimum Gasteiger partial charge on any atom is -0.394 e. The number of hydrogen-bond acceptors (Lipinski definition) is 6. The van der Waals surface area contributed by atoms with Gasteiger partial charge in [0.25, 0.3) is 5.91 Å². The lowest BCUT2D eigenvalue weighted by Gasteiger charge is -2.14. The molecule has 2 atom stereocenters. The molecule has 5 N–H and O–H groups in total. The van der Waals surface area contributed by atoms with Gasteiger partial charge in [-0.2, -0.15) is 0 Å². The van der Waals surface area contributed by atoms with E-state index in [0.29, 0.717) is 16.9 Å². The van der Waals surface area contributed by atoms with Crippen LogP contribution in [0.2, 0.25) is 0 Å². The summed E-state index contributed by atoms with van der Waals surface area (Å²) >= 11 is 0. The number of aliphatic hydroxyl groups is 1. The predicted octanol–water partition coefficient (Wildman–Crippen LogP) is 0.0907. The van der Waals surface area contributed by atoms with Gasteiger partial charge in [-0.1, -0.05) is 0 Å². The highest BCUT2D eigenvalue weighted by molar-refractivity contribution is 6.08. The second kappa shape index (κ2) is 4.97. The Morgan fingerprint density at radius 2 is 2.29 bits per heavy atom. The van der Waals surface area contributed by atoms with Crippen molar-refractivity contribution in [2.75, 3.05) is 12.3 Å². The first-order chi connectivity index (χ1) is 10.0. The first-order valence-electron chi connectivity index (χ1n) is 6.72. The zero-order valence-corrected chi connectivity index (χ0v) is 11.6. The van der Waals surface area contributed by atoms with E-state index in [1.165, 1.54) is 0 Å². The van der Waals surface area contributed by atoms with Crippen molar-refractivity contribution in [3.63, 3.8) is 0 Å². The Balaban J connectivity index is 2.17. The first kappa shape index (κ1) is 13.8. The minimum atomic E-state index is -0.588. The van der Waals surface area contributed by atoms with Gasteiger partial charge in [0.15, 0.2) is 0 Å². The summed E-state index contributed by atoms with van der Waals surface area (Å²) in [7, 11) is 0. The monoisotopic (exact) mass is 291 g/mol. The van der Waals surface area contributed by atoms with E-state index in [2.05, 4.69) is 9.97 Å². The molecule has 0 radical (unpaired) electrons. The van der Waals surface area contributed by atoms with Crippen LogP contribution < -0.4 is 11.5 Å². The lowest BCUT2D eigenvalue weighted by atomic mass is 10.2. The number of anilines is 1. The van der Waals surface area contributed by atoms with Crippen LogP contribution in [0.4, 0.5) is 5.82 Å². The number of rotatable bonds is 3. The van der Waals surface area contributed by atoms with E-state index in [0.717, 1.165) is 12.8 Å². The molecule has 1 saturated heterocycles. The van der Waals surface area contributed by atoms with Crippen LogP contribution in [0.15, 0.2) is 6.20 Å². The molecule has 0 spiro atoms. The Morgan fingerprint density at radius 1 is 1.52 bits per heavy atom. The third-order valence-corrected chi connectivity index (χ3v) is 3.68. The zero-order valence-electron chi connectivity index (χ0n) is 11.6. The Morgan fingerprint density at radius 3 is 2.90 bits per heavy atom. The second-order valence-electron chi connectivity index (χ2n) is 5.14. The number of nitrogens with two attached hydrogens (primary N) is 2. The lowest BCUT2D eigenvalue weighted by molar-refractivity contribution is -0.0205. The van der Waals surface area contributed by atoms with Gasteiger partial charge in [0.2, 0.25) is 0 Å². The maximum absolute atomic E-state index is 11.6. The molecule has 0 bridgehead atoms. The molecule has 1 aliphatic rings. The number of aliphatic hydroxyl groups excluding tert-OH is 1. The zero-order chi connectivity index (χ0) is 15.1. The molecule has 1 fully saturated rings. The number of nitrogen functional groups attached to an aromatic ring is 1. The molecule has 0 aromatic carbocycles. The summed E-state index contributed by atoms with van der Waals surface area (Å²) in [6, 6.07) is 0. The van der Waals surface area contributed by atoms with Crippen molar-refractivity contribution in [3.8, 4) is 0 Å². The molecule has 112 valence electrons. The topological polar surface area (TPSA) is 129 Å². The summed E-state index contributed by atoms with van der Waals surface area (Å²) in [5.74, 6) is 0.142. The van der Waals surface area contributed by atoms with Gasteiger partial charge >= 0.3 is 0 Å². The smallest absolute Gasteiger partial charge is 0.251 e. The molecular weight excluding hydrogens is 274 g/mol. The molecule has 2 aromatic rings. The van der Waals surface area contributed by atoms with Crippen LogP contribution in [0.5, 0.6) is 0 Å². The number of hydrogen-bond donors (Lipinski definition) is 3. The summed E-state index contributed by atoms with van der Waals surface area (Å²) in [4.78, 5) is 20.1. The van der Waals surface area contributed by atoms with E-state index in [-0.39, 0.29) is 30.3 Å². The summed E-state index contributed by atoms with van der Waals surface area (Å²) in [5.41, 5.74) is 12.1. The average Bonchev–Trinajstić information content (AvgIpc) is 3.01. The quantitative estimate of drug-likeness (QED) is 0.735. The maximum atomic E-state index is 11.6. The maximum Gasteiger partial charge on any atom is 0.251 e. The summed E-state index contributed by atoms with van der Waals surface area (Å²) in [6.07, 6.45) is 2.56. The predicted molar refractivity (Wildman–Crippen MR) is 75.4 cm³/mol. The first-order valence-corrected chi connectivity index (χ1v) is 6.72. The highest BCUT2D eigenvalue weighted by atomic mass is 16.5. The molecule has 2 unspecified atom stereocenters. The SMILES string of the molecule is Cc1nc(N)c2c(C(N)=O)cn(C3CCC(CO)O3)c2n1. The van der Waals surface area contributed by atoms with Crippen molar-refractivity contribution in [1.82, 2.24) is 14.5 Å². The summed E-state index contributed by atoms with van der Waals surface area (Å²) in [5, 5.41) is 9.62. The van der Waals surface area contributed by atoms with Gasteiger partial charge in [0.1, 0.15) is 23.5 Å². The van der Waals surface area contributed by atoms with Crippen molar-refractivity contribution in [2.24, 2.45) is 5.73 Å². The fraction of sp³-hybridized carbons (Fsp3) is 0.462. The Labute approximate surface area is 120 Å². The number of aryl methyl sites for hydroxylation is 1. The highest BCUT2D eigenvalue weighted by Gasteiger charge is 2.29. The van der Waals surface area contributed by atoms with Crippen LogP contribution in [0.3, 0.4) is 0 Å². The van der Waals surface area contributed by atoms with E-state index in [9.17, 15) is 9.90 Å². The lowest BCUT2D eigenvalue weighted by Crippen LogP contribution is -2.14. The Hall–Kier alpha value is -2.19. The van der Waals surface area contributed by atoms with E-state index >= 15 is 0 Å². The largest absolute Gasteiger partial charge is 0.394 e. The van der Waals surface area contributed by atoms with Gasteiger partial charge < -0.3 is 25.9 Å². The number of primary amides is 1. The van der Waals surface area contributed by atoms with Crippen LogP contribution in [0.25, 0.3) is 11.0 Å². The number of aromatic nitrogens is 3. The van der Waals surface area contributed by atoms with Crippen molar-refractivity contribution in [2.45, 2.75) is 32.1 Å². The van der Waals surface area contributed by atoms with Crippen LogP contribution >= 0.6 is 0 Å². The number of carbonyl (C=O) groups excluding carboxylic acids is 1. The van der Waals surface area contributed by atoms with Gasteiger partial charge in [-0.15, -0.1) is 0 Å². The normalized spacial score (nSPS) is 22.0. The number of fused-ring (bicyclic) bond motifs is 1. The third-order valence-electron chi connectivity index (χ3n) is 3.68. The molecule has 1 aliphatic heterocycles. The second-order valence-corrected chi connectivity index (χ2v) is 5.14. The number of amides is 1. The van der Waals surface area contributed by atoms with Crippen molar-refractivity contribution < 1.29 is 14.6 Å². The molecule has 3 rings (SSSR count). The molecule has 8 nitrogen and oxygen atoms in total. The number of ether oxygens (including phenoxy) is 1. The van der Waals surface area contributed by atoms with E-state index in [1.807, 2.05) is 0 Å². The van der Waals surface area contributed by atoms with Gasteiger partial charge in [-0.25, -0.2) is 9.97 Å². The fourth-order valence-corrected chi connectivity index (χ4v) is 2.72. The molecule has 21 heavy (non-hydrogen) atoms. The molecule has 8 heteroatoms. The van der Waals surface area contributed by atoms with Crippen LogP contribution in [0.1, 0.15) is 35.3 Å². The van der Waals surface area contributed by atoms with E-state index in [1.54, 1.807) is 17.7 Å². The van der Waals surface area contributed by atoms with Crippen LogP contribution in [-0.4, -0.2) is 38.3 Å². The van der Waals surface area contributed by atoms with Gasteiger partial charge in [0, 0.05) is 6.20 Å². The molecule has 0 saturated carbocycles.